The van der Waals surface area contributed by atoms with Gasteiger partial charge in [0.1, 0.15) is 6.29 Å². The Morgan fingerprint density at radius 1 is 1.17 bits per heavy atom. The monoisotopic (exact) mass is 314 g/mol. The van der Waals surface area contributed by atoms with Crippen LogP contribution in [0.15, 0.2) is 23.3 Å². The van der Waals surface area contributed by atoms with Crippen molar-refractivity contribution in [1.29, 1.82) is 0 Å². The van der Waals surface area contributed by atoms with E-state index in [1.54, 1.807) is 5.57 Å². The third-order valence-electron chi connectivity index (χ3n) is 8.26. The Bertz CT molecular complexity index is 599. The second-order valence-corrected chi connectivity index (χ2v) is 9.21. The van der Waals surface area contributed by atoms with Crippen LogP contribution in [0, 0.1) is 28.6 Å². The molecule has 0 aliphatic heterocycles. The molecule has 4 aliphatic rings. The molecular weight excluding hydrogens is 284 g/mol. The standard InChI is InChI=1S/C21H30O2/c1-19-9-6-14(13-22)12-15(19)4-5-16-17(19)7-10-20(2)18(16)8-11-21(20,3)23/h7,12-14,16,18,23H,4-6,8-11H2,1-3H3/t14?,16-,18+,19+,20+,21-/m1/s1. The van der Waals surface area contributed by atoms with E-state index in [9.17, 15) is 9.90 Å². The zero-order valence-electron chi connectivity index (χ0n) is 14.8. The number of aldehydes is 1. The van der Waals surface area contributed by atoms with Crippen molar-refractivity contribution in [2.24, 2.45) is 28.6 Å². The van der Waals surface area contributed by atoms with E-state index in [0.29, 0.717) is 11.8 Å². The van der Waals surface area contributed by atoms with Gasteiger partial charge in [0.15, 0.2) is 0 Å². The van der Waals surface area contributed by atoms with Crippen molar-refractivity contribution in [3.05, 3.63) is 23.3 Å². The fourth-order valence-electron chi connectivity index (χ4n) is 6.39. The summed E-state index contributed by atoms with van der Waals surface area (Å²) in [6.07, 6.45) is 13.4. The average molecular weight is 314 g/mol. The van der Waals surface area contributed by atoms with Crippen molar-refractivity contribution in [2.45, 2.75) is 71.3 Å². The lowest BCUT2D eigenvalue weighted by molar-refractivity contribution is -0.110. The molecule has 2 nitrogen and oxygen atoms in total. The number of carbonyl (C=O) groups excluding carboxylic acids is 1. The van der Waals surface area contributed by atoms with E-state index < -0.39 is 5.60 Å². The maximum absolute atomic E-state index is 11.2. The van der Waals surface area contributed by atoms with E-state index in [2.05, 4.69) is 32.9 Å². The Labute approximate surface area is 140 Å². The highest BCUT2D eigenvalue weighted by molar-refractivity contribution is 5.58. The first-order valence-corrected chi connectivity index (χ1v) is 9.41. The number of rotatable bonds is 1. The van der Waals surface area contributed by atoms with Crippen LogP contribution in [0.25, 0.3) is 0 Å². The first kappa shape index (κ1) is 15.6. The van der Waals surface area contributed by atoms with Gasteiger partial charge in [-0.1, -0.05) is 37.1 Å². The minimum absolute atomic E-state index is 0.0404. The zero-order valence-corrected chi connectivity index (χ0v) is 14.8. The summed E-state index contributed by atoms with van der Waals surface area (Å²) in [5, 5.41) is 10.9. The third-order valence-corrected chi connectivity index (χ3v) is 8.26. The molecule has 0 aromatic heterocycles. The molecule has 4 aliphatic carbocycles. The van der Waals surface area contributed by atoms with Gasteiger partial charge in [0, 0.05) is 16.7 Å². The van der Waals surface area contributed by atoms with Gasteiger partial charge in [-0.3, -0.25) is 0 Å². The molecule has 23 heavy (non-hydrogen) atoms. The van der Waals surface area contributed by atoms with Crippen molar-refractivity contribution < 1.29 is 9.90 Å². The van der Waals surface area contributed by atoms with Gasteiger partial charge in [0.25, 0.3) is 0 Å². The molecule has 4 rings (SSSR count). The second-order valence-electron chi connectivity index (χ2n) is 9.21. The molecule has 1 unspecified atom stereocenters. The summed E-state index contributed by atoms with van der Waals surface area (Å²) in [5.41, 5.74) is 2.85. The van der Waals surface area contributed by atoms with Gasteiger partial charge in [-0.25, -0.2) is 0 Å². The van der Waals surface area contributed by atoms with Crippen molar-refractivity contribution in [3.8, 4) is 0 Å². The zero-order chi connectivity index (χ0) is 16.5. The molecule has 126 valence electrons. The Morgan fingerprint density at radius 2 is 1.96 bits per heavy atom. The predicted molar refractivity (Wildman–Crippen MR) is 91.9 cm³/mol. The topological polar surface area (TPSA) is 37.3 Å². The van der Waals surface area contributed by atoms with E-state index in [0.717, 1.165) is 44.8 Å². The van der Waals surface area contributed by atoms with Gasteiger partial charge in [0.05, 0.1) is 5.60 Å². The largest absolute Gasteiger partial charge is 0.390 e. The summed E-state index contributed by atoms with van der Waals surface area (Å²) >= 11 is 0. The van der Waals surface area contributed by atoms with Crippen LogP contribution in [-0.2, 0) is 4.79 Å². The Kier molecular flexibility index (Phi) is 3.27. The lowest BCUT2D eigenvalue weighted by Crippen LogP contribution is -2.49. The molecule has 0 radical (unpaired) electrons. The molecule has 0 spiro atoms. The van der Waals surface area contributed by atoms with Gasteiger partial charge in [0.2, 0.25) is 0 Å². The molecular formula is C21H30O2. The second kappa shape index (κ2) is 4.81. The van der Waals surface area contributed by atoms with E-state index in [-0.39, 0.29) is 16.7 Å². The number of fused-ring (bicyclic) bond motifs is 5. The van der Waals surface area contributed by atoms with Gasteiger partial charge in [-0.05, 0) is 63.7 Å². The SMILES string of the molecule is C[C@]12CCC(C=O)C=C1CC[C@@H]1C2=CC[C@@]2(C)[C@H]1CC[C@@]2(C)O. The molecule has 0 bridgehead atoms. The Hall–Kier alpha value is -0.890. The summed E-state index contributed by atoms with van der Waals surface area (Å²) in [5.74, 6) is 1.40. The number of aliphatic hydroxyl groups is 1. The quantitative estimate of drug-likeness (QED) is 0.574. The van der Waals surface area contributed by atoms with Gasteiger partial charge in [-0.2, -0.15) is 0 Å². The van der Waals surface area contributed by atoms with Crippen molar-refractivity contribution >= 4 is 6.29 Å². The summed E-state index contributed by atoms with van der Waals surface area (Å²) < 4.78 is 0. The third kappa shape index (κ3) is 1.94. The van der Waals surface area contributed by atoms with Crippen molar-refractivity contribution in [1.82, 2.24) is 0 Å². The van der Waals surface area contributed by atoms with Crippen molar-refractivity contribution in [3.63, 3.8) is 0 Å². The molecule has 1 N–H and O–H groups in total. The fraction of sp³-hybridized carbons (Fsp3) is 0.762. The Balaban J connectivity index is 1.74. The fourth-order valence-corrected chi connectivity index (χ4v) is 6.39. The highest BCUT2D eigenvalue weighted by Crippen LogP contribution is 2.65. The first-order chi connectivity index (χ1) is 10.8. The molecule has 0 aromatic rings. The normalized spacial score (nSPS) is 51.9. The van der Waals surface area contributed by atoms with E-state index in [1.165, 1.54) is 12.0 Å². The van der Waals surface area contributed by atoms with Gasteiger partial charge in [-0.15, -0.1) is 0 Å². The van der Waals surface area contributed by atoms with Crippen LogP contribution in [0.4, 0.5) is 0 Å². The van der Waals surface area contributed by atoms with Crippen LogP contribution in [0.1, 0.15) is 65.7 Å². The van der Waals surface area contributed by atoms with Crippen LogP contribution >= 0.6 is 0 Å². The molecule has 2 saturated carbocycles. The van der Waals surface area contributed by atoms with Crippen LogP contribution in [-0.4, -0.2) is 17.0 Å². The number of allylic oxidation sites excluding steroid dienone is 4. The van der Waals surface area contributed by atoms with Crippen LogP contribution in [0.2, 0.25) is 0 Å². The van der Waals surface area contributed by atoms with E-state index in [4.69, 9.17) is 0 Å². The van der Waals surface area contributed by atoms with Gasteiger partial charge >= 0.3 is 0 Å². The number of hydrogen-bond acceptors (Lipinski definition) is 2. The summed E-state index contributed by atoms with van der Waals surface area (Å²) in [6.45, 7) is 6.78. The average Bonchev–Trinajstić information content (AvgIpc) is 2.77. The molecule has 0 amide bonds. The molecule has 2 heteroatoms. The summed E-state index contributed by atoms with van der Waals surface area (Å²) in [4.78, 5) is 11.2. The van der Waals surface area contributed by atoms with Crippen LogP contribution in [0.3, 0.4) is 0 Å². The molecule has 2 fully saturated rings. The molecule has 0 aromatic carbocycles. The molecule has 0 saturated heterocycles. The highest BCUT2D eigenvalue weighted by atomic mass is 16.3. The summed E-state index contributed by atoms with van der Waals surface area (Å²) in [7, 11) is 0. The number of carbonyl (C=O) groups is 1. The lowest BCUT2D eigenvalue weighted by Gasteiger charge is -2.55. The maximum atomic E-state index is 11.2. The Morgan fingerprint density at radius 3 is 2.70 bits per heavy atom. The smallest absolute Gasteiger partial charge is 0.126 e. The molecule has 6 atom stereocenters. The molecule has 0 heterocycles. The predicted octanol–water partition coefficient (Wildman–Crippen LogP) is 4.44. The number of hydrogen-bond donors (Lipinski definition) is 1. The van der Waals surface area contributed by atoms with Crippen molar-refractivity contribution in [2.75, 3.05) is 0 Å². The van der Waals surface area contributed by atoms with Crippen LogP contribution < -0.4 is 0 Å². The lowest BCUT2D eigenvalue weighted by atomic mass is 9.50. The van der Waals surface area contributed by atoms with E-state index >= 15 is 0 Å². The highest BCUT2D eigenvalue weighted by Gasteiger charge is 2.59. The van der Waals surface area contributed by atoms with E-state index in [1.807, 2.05) is 0 Å². The minimum Gasteiger partial charge on any atom is -0.390 e. The van der Waals surface area contributed by atoms with Crippen LogP contribution in [0.5, 0.6) is 0 Å². The van der Waals surface area contributed by atoms with Gasteiger partial charge < -0.3 is 9.90 Å². The summed E-state index contributed by atoms with van der Waals surface area (Å²) in [6, 6.07) is 0. The maximum Gasteiger partial charge on any atom is 0.126 e. The first-order valence-electron chi connectivity index (χ1n) is 9.41. The minimum atomic E-state index is -0.522.